The predicted octanol–water partition coefficient (Wildman–Crippen LogP) is 2.27. The second kappa shape index (κ2) is 16.8. The van der Waals surface area contributed by atoms with E-state index in [1.54, 1.807) is 20.2 Å². The highest BCUT2D eigenvalue weighted by molar-refractivity contribution is 5.91. The summed E-state index contributed by atoms with van der Waals surface area (Å²) in [6.07, 6.45) is 4.32. The monoisotopic (exact) mass is 329 g/mol. The number of nitrogens with two attached hydrogens (primary N) is 1. The molecule has 0 aliphatic carbocycles. The zero-order chi connectivity index (χ0) is 18.1. The molecular formula is C17H35N3O3. The molecule has 0 heterocycles. The van der Waals surface area contributed by atoms with E-state index < -0.39 is 0 Å². The van der Waals surface area contributed by atoms with Gasteiger partial charge in [-0.15, -0.1) is 0 Å². The van der Waals surface area contributed by atoms with Gasteiger partial charge in [0.05, 0.1) is 12.3 Å². The van der Waals surface area contributed by atoms with Crippen molar-refractivity contribution in [3.8, 4) is 0 Å². The molecule has 4 N–H and O–H groups in total. The highest BCUT2D eigenvalue weighted by atomic mass is 16.7. The van der Waals surface area contributed by atoms with E-state index in [9.17, 15) is 4.79 Å². The van der Waals surface area contributed by atoms with E-state index in [0.29, 0.717) is 24.4 Å². The van der Waals surface area contributed by atoms with Crippen LogP contribution in [0.15, 0.2) is 24.0 Å². The molecule has 0 aliphatic heterocycles. The van der Waals surface area contributed by atoms with Gasteiger partial charge in [-0.25, -0.2) is 0 Å². The molecule has 23 heavy (non-hydrogen) atoms. The molecule has 0 aromatic rings. The topological polar surface area (TPSA) is 85.6 Å². The van der Waals surface area contributed by atoms with Crippen LogP contribution in [0.4, 0.5) is 0 Å². The maximum absolute atomic E-state index is 11.2. The molecule has 6 heteroatoms. The van der Waals surface area contributed by atoms with Gasteiger partial charge in [-0.1, -0.05) is 33.8 Å². The fraction of sp³-hybridized carbons (Fsp3) is 0.706. The summed E-state index contributed by atoms with van der Waals surface area (Å²) < 4.78 is 10.5. The standard InChI is InChI=1S/C14H27N3O3.C3H8/c1-5-13(19-4)20-10-12(15)9-16-7-6-8-17-14(18)11(2)3;1-3-2/h9,13,16H,2,5-8,10,15H2,1,3-4H3,(H,17,18);3H2,1-2H3/b12-9-;. The van der Waals surface area contributed by atoms with Crippen LogP contribution in [-0.4, -0.2) is 39.0 Å². The Morgan fingerprint density at radius 3 is 2.39 bits per heavy atom. The van der Waals surface area contributed by atoms with Gasteiger partial charge in [0.2, 0.25) is 5.91 Å². The summed E-state index contributed by atoms with van der Waals surface area (Å²) in [7, 11) is 1.60. The molecule has 0 radical (unpaired) electrons. The Kier molecular flexibility index (Phi) is 17.4. The minimum atomic E-state index is -0.223. The van der Waals surface area contributed by atoms with E-state index in [-0.39, 0.29) is 12.2 Å². The number of carbonyl (C=O) groups is 1. The van der Waals surface area contributed by atoms with Crippen LogP contribution >= 0.6 is 0 Å². The number of ether oxygens (including phenoxy) is 2. The van der Waals surface area contributed by atoms with E-state index in [0.717, 1.165) is 19.4 Å². The first-order chi connectivity index (χ1) is 10.9. The fourth-order valence-electron chi connectivity index (χ4n) is 1.33. The van der Waals surface area contributed by atoms with Crippen LogP contribution in [-0.2, 0) is 14.3 Å². The molecule has 6 nitrogen and oxygen atoms in total. The van der Waals surface area contributed by atoms with E-state index >= 15 is 0 Å². The Bertz CT molecular complexity index is 340. The first-order valence-corrected chi connectivity index (χ1v) is 8.18. The number of rotatable bonds is 11. The lowest BCUT2D eigenvalue weighted by Gasteiger charge is -2.14. The molecule has 0 saturated carbocycles. The van der Waals surface area contributed by atoms with Gasteiger partial charge in [0, 0.05) is 32.0 Å². The van der Waals surface area contributed by atoms with E-state index in [2.05, 4.69) is 31.1 Å². The zero-order valence-corrected chi connectivity index (χ0v) is 15.4. The molecule has 136 valence electrons. The normalized spacial score (nSPS) is 12.0. The largest absolute Gasteiger partial charge is 0.399 e. The molecule has 0 aromatic heterocycles. The maximum atomic E-state index is 11.2. The summed E-state index contributed by atoms with van der Waals surface area (Å²) >= 11 is 0. The van der Waals surface area contributed by atoms with Crippen molar-refractivity contribution in [2.45, 2.75) is 53.2 Å². The van der Waals surface area contributed by atoms with Crippen LogP contribution in [0.1, 0.15) is 47.0 Å². The zero-order valence-electron chi connectivity index (χ0n) is 15.4. The number of hydrogen-bond donors (Lipinski definition) is 3. The summed E-state index contributed by atoms with van der Waals surface area (Å²) in [5.41, 5.74) is 6.89. The van der Waals surface area contributed by atoms with Crippen LogP contribution in [0, 0.1) is 0 Å². The smallest absolute Gasteiger partial charge is 0.246 e. The van der Waals surface area contributed by atoms with Gasteiger partial charge in [-0.05, 0) is 19.8 Å². The Hall–Kier alpha value is -1.53. The van der Waals surface area contributed by atoms with Gasteiger partial charge < -0.3 is 25.8 Å². The third-order valence-electron chi connectivity index (χ3n) is 2.49. The predicted molar refractivity (Wildman–Crippen MR) is 95.7 cm³/mol. The highest BCUT2D eigenvalue weighted by Gasteiger charge is 2.03. The van der Waals surface area contributed by atoms with Crippen molar-refractivity contribution in [1.29, 1.82) is 0 Å². The van der Waals surface area contributed by atoms with Gasteiger partial charge in [-0.3, -0.25) is 4.79 Å². The third-order valence-corrected chi connectivity index (χ3v) is 2.49. The number of amides is 1. The molecule has 1 unspecified atom stereocenters. The minimum absolute atomic E-state index is 0.112. The van der Waals surface area contributed by atoms with Crippen molar-refractivity contribution in [3.05, 3.63) is 24.0 Å². The molecule has 0 aromatic carbocycles. The van der Waals surface area contributed by atoms with Crippen molar-refractivity contribution in [3.63, 3.8) is 0 Å². The van der Waals surface area contributed by atoms with Crippen LogP contribution in [0.3, 0.4) is 0 Å². The van der Waals surface area contributed by atoms with Crippen LogP contribution in [0.5, 0.6) is 0 Å². The first-order valence-electron chi connectivity index (χ1n) is 8.18. The molecular weight excluding hydrogens is 294 g/mol. The molecule has 1 amide bonds. The van der Waals surface area contributed by atoms with Crippen molar-refractivity contribution in [2.24, 2.45) is 5.73 Å². The molecule has 0 spiro atoms. The van der Waals surface area contributed by atoms with Gasteiger partial charge in [0.25, 0.3) is 0 Å². The summed E-state index contributed by atoms with van der Waals surface area (Å²) in [5, 5.41) is 5.82. The first kappa shape index (κ1) is 23.7. The Morgan fingerprint density at radius 2 is 1.91 bits per heavy atom. The van der Waals surface area contributed by atoms with Crippen molar-refractivity contribution >= 4 is 5.91 Å². The quantitative estimate of drug-likeness (QED) is 0.308. The Labute approximate surface area is 141 Å². The van der Waals surface area contributed by atoms with E-state index in [1.165, 1.54) is 6.42 Å². The summed E-state index contributed by atoms with van der Waals surface area (Å²) in [4.78, 5) is 11.2. The molecule has 0 aliphatic rings. The second-order valence-electron chi connectivity index (χ2n) is 5.15. The van der Waals surface area contributed by atoms with Crippen molar-refractivity contribution in [1.82, 2.24) is 10.6 Å². The summed E-state index contributed by atoms with van der Waals surface area (Å²) in [6, 6.07) is 0. The van der Waals surface area contributed by atoms with E-state index in [4.69, 9.17) is 15.2 Å². The molecule has 0 rings (SSSR count). The molecule has 0 saturated heterocycles. The molecule has 0 fully saturated rings. The van der Waals surface area contributed by atoms with Crippen LogP contribution in [0.2, 0.25) is 0 Å². The number of methoxy groups -OCH3 is 1. The lowest BCUT2D eigenvalue weighted by molar-refractivity contribution is -0.118. The average Bonchev–Trinajstić information content (AvgIpc) is 2.52. The minimum Gasteiger partial charge on any atom is -0.399 e. The van der Waals surface area contributed by atoms with E-state index in [1.807, 2.05) is 6.92 Å². The van der Waals surface area contributed by atoms with Crippen LogP contribution < -0.4 is 16.4 Å². The van der Waals surface area contributed by atoms with Crippen molar-refractivity contribution in [2.75, 3.05) is 26.8 Å². The number of hydrogen-bond acceptors (Lipinski definition) is 5. The van der Waals surface area contributed by atoms with Gasteiger partial charge in [0.1, 0.15) is 0 Å². The molecule has 0 bridgehead atoms. The molecule has 1 atom stereocenters. The fourth-order valence-corrected chi connectivity index (χ4v) is 1.33. The number of nitrogens with one attached hydrogen (secondary N) is 2. The second-order valence-corrected chi connectivity index (χ2v) is 5.15. The third kappa shape index (κ3) is 16.7. The SMILES string of the molecule is C=C(C)C(=O)NCCCN/C=C(\N)COC(CC)OC.CCC. The summed E-state index contributed by atoms with van der Waals surface area (Å²) in [5.74, 6) is -0.112. The number of carbonyl (C=O) groups excluding carboxylic acids is 1. The van der Waals surface area contributed by atoms with Gasteiger partial charge in [0.15, 0.2) is 6.29 Å². The maximum Gasteiger partial charge on any atom is 0.246 e. The Morgan fingerprint density at radius 1 is 1.30 bits per heavy atom. The lowest BCUT2D eigenvalue weighted by atomic mass is 10.3. The van der Waals surface area contributed by atoms with Crippen molar-refractivity contribution < 1.29 is 14.3 Å². The summed E-state index contributed by atoms with van der Waals surface area (Å²) in [6.45, 7) is 13.1. The van der Waals surface area contributed by atoms with Crippen LogP contribution in [0.25, 0.3) is 0 Å². The lowest BCUT2D eigenvalue weighted by Crippen LogP contribution is -2.27. The highest BCUT2D eigenvalue weighted by Crippen LogP contribution is 1.99. The Balaban J connectivity index is 0. The van der Waals surface area contributed by atoms with Gasteiger partial charge in [-0.2, -0.15) is 0 Å². The van der Waals surface area contributed by atoms with Gasteiger partial charge >= 0.3 is 0 Å². The average molecular weight is 329 g/mol.